The van der Waals surface area contributed by atoms with Gasteiger partial charge >= 0.3 is 6.18 Å². The molecule has 0 aliphatic carbocycles. The highest BCUT2D eigenvalue weighted by atomic mass is 19.4. The van der Waals surface area contributed by atoms with Gasteiger partial charge in [0.15, 0.2) is 6.29 Å². The number of alkyl halides is 3. The number of nitrogens with zero attached hydrogens (tertiary/aromatic N) is 2. The first-order valence-corrected chi connectivity index (χ1v) is 4.48. The predicted octanol–water partition coefficient (Wildman–Crippen LogP) is 2.57. The molecule has 17 heavy (non-hydrogen) atoms. The van der Waals surface area contributed by atoms with Crippen LogP contribution in [0.2, 0.25) is 0 Å². The lowest BCUT2D eigenvalue weighted by Gasteiger charge is -2.09. The van der Waals surface area contributed by atoms with Crippen molar-refractivity contribution in [1.29, 1.82) is 0 Å². The van der Waals surface area contributed by atoms with Crippen LogP contribution < -0.4 is 0 Å². The molecule has 0 atom stereocenters. The van der Waals surface area contributed by atoms with Crippen LogP contribution in [0.4, 0.5) is 13.2 Å². The third kappa shape index (κ3) is 2.17. The molecule has 0 saturated heterocycles. The second kappa shape index (κ2) is 4.00. The van der Waals surface area contributed by atoms with Crippen molar-refractivity contribution in [3.8, 4) is 11.5 Å². The molecule has 0 aliphatic rings. The SMILES string of the molecule is O=Cc1noc(-c2ccccc2C(F)(F)F)n1. The minimum atomic E-state index is -4.52. The van der Waals surface area contributed by atoms with E-state index in [-0.39, 0.29) is 17.3 Å². The van der Waals surface area contributed by atoms with Gasteiger partial charge in [0.25, 0.3) is 5.89 Å². The zero-order chi connectivity index (χ0) is 12.5. The topological polar surface area (TPSA) is 56.0 Å². The summed E-state index contributed by atoms with van der Waals surface area (Å²) in [4.78, 5) is 13.9. The van der Waals surface area contributed by atoms with Crippen LogP contribution in [0, 0.1) is 0 Å². The minimum Gasteiger partial charge on any atom is -0.334 e. The van der Waals surface area contributed by atoms with Gasteiger partial charge in [0, 0.05) is 0 Å². The third-order valence-corrected chi connectivity index (χ3v) is 2.01. The second-order valence-corrected chi connectivity index (χ2v) is 3.12. The molecular formula is C10H5F3N2O2. The van der Waals surface area contributed by atoms with Crippen molar-refractivity contribution < 1.29 is 22.5 Å². The molecule has 7 heteroatoms. The van der Waals surface area contributed by atoms with Gasteiger partial charge in [0.1, 0.15) is 0 Å². The van der Waals surface area contributed by atoms with Crippen LogP contribution >= 0.6 is 0 Å². The molecule has 0 bridgehead atoms. The fourth-order valence-corrected chi connectivity index (χ4v) is 1.31. The zero-order valence-electron chi connectivity index (χ0n) is 8.23. The normalized spacial score (nSPS) is 11.5. The Morgan fingerprint density at radius 3 is 2.53 bits per heavy atom. The molecule has 1 aromatic carbocycles. The van der Waals surface area contributed by atoms with Crippen LogP contribution in [0.1, 0.15) is 16.2 Å². The molecule has 4 nitrogen and oxygen atoms in total. The van der Waals surface area contributed by atoms with Gasteiger partial charge < -0.3 is 4.52 Å². The van der Waals surface area contributed by atoms with E-state index in [0.717, 1.165) is 6.07 Å². The van der Waals surface area contributed by atoms with Gasteiger partial charge in [-0.15, -0.1) is 0 Å². The lowest BCUT2D eigenvalue weighted by molar-refractivity contribution is -0.137. The van der Waals surface area contributed by atoms with Crippen LogP contribution in [0.15, 0.2) is 28.8 Å². The van der Waals surface area contributed by atoms with Gasteiger partial charge in [-0.25, -0.2) is 0 Å². The van der Waals surface area contributed by atoms with E-state index in [9.17, 15) is 18.0 Å². The molecule has 1 aromatic heterocycles. The number of aromatic nitrogens is 2. The molecular weight excluding hydrogens is 237 g/mol. The number of rotatable bonds is 2. The van der Waals surface area contributed by atoms with E-state index in [1.54, 1.807) is 0 Å². The van der Waals surface area contributed by atoms with E-state index in [1.165, 1.54) is 18.2 Å². The number of aldehydes is 1. The average Bonchev–Trinajstić information content (AvgIpc) is 2.76. The standard InChI is InChI=1S/C10H5F3N2O2/c11-10(12,13)7-4-2-1-3-6(7)9-14-8(5-16)15-17-9/h1-5H. The summed E-state index contributed by atoms with van der Waals surface area (Å²) >= 11 is 0. The van der Waals surface area contributed by atoms with Gasteiger partial charge in [-0.3, -0.25) is 4.79 Å². The van der Waals surface area contributed by atoms with Crippen LogP contribution in [0.5, 0.6) is 0 Å². The van der Waals surface area contributed by atoms with Crippen LogP contribution in [0.3, 0.4) is 0 Å². The van der Waals surface area contributed by atoms with Crippen molar-refractivity contribution in [3.63, 3.8) is 0 Å². The van der Waals surface area contributed by atoms with Crippen molar-refractivity contribution in [1.82, 2.24) is 10.1 Å². The third-order valence-electron chi connectivity index (χ3n) is 2.01. The van der Waals surface area contributed by atoms with Gasteiger partial charge in [0.2, 0.25) is 5.82 Å². The van der Waals surface area contributed by atoms with E-state index >= 15 is 0 Å². The Balaban J connectivity index is 2.55. The Morgan fingerprint density at radius 2 is 1.94 bits per heavy atom. The number of carbonyl (C=O) groups is 1. The Kier molecular flexibility index (Phi) is 2.66. The predicted molar refractivity (Wildman–Crippen MR) is 50.1 cm³/mol. The summed E-state index contributed by atoms with van der Waals surface area (Å²) in [6.45, 7) is 0. The lowest BCUT2D eigenvalue weighted by atomic mass is 10.1. The van der Waals surface area contributed by atoms with E-state index in [0.29, 0.717) is 6.29 Å². The maximum Gasteiger partial charge on any atom is 0.417 e. The van der Waals surface area contributed by atoms with E-state index in [1.807, 2.05) is 0 Å². The summed E-state index contributed by atoms with van der Waals surface area (Å²) in [5, 5.41) is 3.21. The first kappa shape index (κ1) is 11.3. The Labute approximate surface area is 93.1 Å². The Morgan fingerprint density at radius 1 is 1.24 bits per heavy atom. The van der Waals surface area contributed by atoms with Crippen molar-refractivity contribution in [2.75, 3.05) is 0 Å². The maximum absolute atomic E-state index is 12.7. The molecule has 2 rings (SSSR count). The number of hydrogen-bond donors (Lipinski definition) is 0. The average molecular weight is 242 g/mol. The van der Waals surface area contributed by atoms with Crippen molar-refractivity contribution in [2.24, 2.45) is 0 Å². The van der Waals surface area contributed by atoms with Gasteiger partial charge in [-0.05, 0) is 12.1 Å². The zero-order valence-corrected chi connectivity index (χ0v) is 8.23. The van der Waals surface area contributed by atoms with Gasteiger partial charge in [-0.1, -0.05) is 17.3 Å². The molecule has 2 aromatic rings. The minimum absolute atomic E-state index is 0.249. The van der Waals surface area contributed by atoms with E-state index < -0.39 is 11.7 Å². The first-order valence-electron chi connectivity index (χ1n) is 4.48. The van der Waals surface area contributed by atoms with E-state index in [4.69, 9.17) is 0 Å². The molecule has 0 N–H and O–H groups in total. The van der Waals surface area contributed by atoms with Crippen molar-refractivity contribution in [3.05, 3.63) is 35.7 Å². The number of benzene rings is 1. The largest absolute Gasteiger partial charge is 0.417 e. The molecule has 1 heterocycles. The quantitative estimate of drug-likeness (QED) is 0.759. The Hall–Kier alpha value is -2.18. The summed E-state index contributed by atoms with van der Waals surface area (Å²) in [6, 6.07) is 4.77. The summed E-state index contributed by atoms with van der Waals surface area (Å²) in [5.74, 6) is -0.628. The molecule has 88 valence electrons. The highest BCUT2D eigenvalue weighted by Gasteiger charge is 2.34. The Bertz CT molecular complexity index is 548. The van der Waals surface area contributed by atoms with Crippen LogP contribution in [-0.2, 0) is 6.18 Å². The monoisotopic (exact) mass is 242 g/mol. The van der Waals surface area contributed by atoms with Crippen molar-refractivity contribution >= 4 is 6.29 Å². The van der Waals surface area contributed by atoms with Crippen molar-refractivity contribution in [2.45, 2.75) is 6.18 Å². The first-order chi connectivity index (χ1) is 8.02. The molecule has 0 saturated carbocycles. The van der Waals surface area contributed by atoms with E-state index in [2.05, 4.69) is 14.7 Å². The summed E-state index contributed by atoms with van der Waals surface area (Å²) in [5.41, 5.74) is -1.14. The van der Waals surface area contributed by atoms with Gasteiger partial charge in [0.05, 0.1) is 11.1 Å². The second-order valence-electron chi connectivity index (χ2n) is 3.12. The summed E-state index contributed by atoms with van der Waals surface area (Å²) in [7, 11) is 0. The molecule has 0 fully saturated rings. The van der Waals surface area contributed by atoms with Crippen LogP contribution in [-0.4, -0.2) is 16.4 Å². The fourth-order valence-electron chi connectivity index (χ4n) is 1.31. The fraction of sp³-hybridized carbons (Fsp3) is 0.100. The smallest absolute Gasteiger partial charge is 0.334 e. The molecule has 0 amide bonds. The molecule has 0 unspecified atom stereocenters. The summed E-state index contributed by atoms with van der Waals surface area (Å²) < 4.78 is 42.6. The number of halogens is 3. The van der Waals surface area contributed by atoms with Gasteiger partial charge in [-0.2, -0.15) is 18.2 Å². The molecule has 0 aliphatic heterocycles. The highest BCUT2D eigenvalue weighted by Crippen LogP contribution is 2.36. The summed E-state index contributed by atoms with van der Waals surface area (Å²) in [6.07, 6.45) is -4.23. The number of hydrogen-bond acceptors (Lipinski definition) is 4. The molecule has 0 radical (unpaired) electrons. The maximum atomic E-state index is 12.7. The highest BCUT2D eigenvalue weighted by molar-refractivity contribution is 5.70. The lowest BCUT2D eigenvalue weighted by Crippen LogP contribution is -2.06. The molecule has 0 spiro atoms. The van der Waals surface area contributed by atoms with Crippen LogP contribution in [0.25, 0.3) is 11.5 Å². The number of carbonyl (C=O) groups excluding carboxylic acids is 1.